The third kappa shape index (κ3) is 2.44. The fourth-order valence-electron chi connectivity index (χ4n) is 0.412. The Balaban J connectivity index is 0.000000360. The molecule has 0 bridgehead atoms. The number of hydrogen-bond donors (Lipinski definition) is 0. The Hall–Kier alpha value is 0.634. The first kappa shape index (κ1) is 7.63. The third-order valence-electron chi connectivity index (χ3n) is 0.694. The van der Waals surface area contributed by atoms with Gasteiger partial charge in [0.25, 0.3) is 0 Å². The molecule has 7 heavy (non-hydrogen) atoms. The standard InChI is InChI=1S/C4H7O2.Ti/c1-4-5-2-3-6-4;/h2-3H2,1H3;/q-1;. The van der Waals surface area contributed by atoms with Gasteiger partial charge in [-0.2, -0.15) is 0 Å². The molecule has 0 radical (unpaired) electrons. The average molecular weight is 135 g/mol. The molecule has 1 aliphatic heterocycles. The second-order valence-corrected chi connectivity index (χ2v) is 1.19. The minimum atomic E-state index is 0. The van der Waals surface area contributed by atoms with Gasteiger partial charge in [-0.15, -0.1) is 6.92 Å². The van der Waals surface area contributed by atoms with Gasteiger partial charge in [0.15, 0.2) is 0 Å². The first-order chi connectivity index (χ1) is 2.89. The zero-order valence-electron chi connectivity index (χ0n) is 4.23. The molecule has 2 nitrogen and oxygen atoms in total. The van der Waals surface area contributed by atoms with Crippen molar-refractivity contribution in [1.82, 2.24) is 0 Å². The molecule has 1 aliphatic rings. The van der Waals surface area contributed by atoms with Gasteiger partial charge in [0, 0.05) is 34.9 Å². The van der Waals surface area contributed by atoms with Gasteiger partial charge < -0.3 is 9.47 Å². The summed E-state index contributed by atoms with van der Waals surface area (Å²) in [6.07, 6.45) is 0.704. The van der Waals surface area contributed by atoms with E-state index in [0.717, 1.165) is 13.2 Å². The van der Waals surface area contributed by atoms with E-state index in [9.17, 15) is 0 Å². The molecule has 40 valence electrons. The van der Waals surface area contributed by atoms with E-state index in [1.54, 1.807) is 0 Å². The first-order valence-corrected chi connectivity index (χ1v) is 1.99. The fraction of sp³-hybridized carbons (Fsp3) is 0.750. The largest absolute Gasteiger partial charge is 0.520 e. The van der Waals surface area contributed by atoms with Crippen LogP contribution < -0.4 is 0 Å². The van der Waals surface area contributed by atoms with Crippen molar-refractivity contribution in [3.05, 3.63) is 6.29 Å². The van der Waals surface area contributed by atoms with Gasteiger partial charge in [-0.25, -0.2) is 0 Å². The summed E-state index contributed by atoms with van der Waals surface area (Å²) >= 11 is 0. The summed E-state index contributed by atoms with van der Waals surface area (Å²) in [4.78, 5) is 0. The van der Waals surface area contributed by atoms with E-state index < -0.39 is 0 Å². The second-order valence-electron chi connectivity index (χ2n) is 1.19. The summed E-state index contributed by atoms with van der Waals surface area (Å²) in [7, 11) is 0. The molecule has 0 aromatic heterocycles. The van der Waals surface area contributed by atoms with Crippen LogP contribution in [-0.2, 0) is 31.2 Å². The van der Waals surface area contributed by atoms with Gasteiger partial charge in [-0.3, -0.25) is 0 Å². The SMILES string of the molecule is C[C-]1OCCO1.[Ti]. The van der Waals surface area contributed by atoms with Crippen LogP contribution in [0.1, 0.15) is 6.92 Å². The Morgan fingerprint density at radius 2 is 1.71 bits per heavy atom. The van der Waals surface area contributed by atoms with E-state index in [1.807, 2.05) is 6.92 Å². The maximum atomic E-state index is 4.85. The van der Waals surface area contributed by atoms with Crippen LogP contribution in [-0.4, -0.2) is 13.2 Å². The minimum absolute atomic E-state index is 0. The molecule has 0 saturated carbocycles. The molecule has 3 heteroatoms. The molecule has 0 atom stereocenters. The first-order valence-electron chi connectivity index (χ1n) is 1.99. The third-order valence-corrected chi connectivity index (χ3v) is 0.694. The molecular formula is C4H7O2Ti-. The Labute approximate surface area is 58.1 Å². The van der Waals surface area contributed by atoms with Crippen LogP contribution in [0.15, 0.2) is 0 Å². The number of rotatable bonds is 0. The topological polar surface area (TPSA) is 18.5 Å². The smallest absolute Gasteiger partial charge is 0.0346 e. The van der Waals surface area contributed by atoms with Gasteiger partial charge in [0.05, 0.1) is 0 Å². The molecule has 0 aliphatic carbocycles. The molecule has 1 rings (SSSR count). The Morgan fingerprint density at radius 1 is 1.29 bits per heavy atom. The van der Waals surface area contributed by atoms with Crippen molar-refractivity contribution < 1.29 is 31.2 Å². The van der Waals surface area contributed by atoms with Gasteiger partial charge in [0.1, 0.15) is 0 Å². The predicted molar refractivity (Wildman–Crippen MR) is 20.8 cm³/mol. The maximum Gasteiger partial charge on any atom is 0.0346 e. The minimum Gasteiger partial charge on any atom is -0.520 e. The normalized spacial score (nSPS) is 21.9. The van der Waals surface area contributed by atoms with Gasteiger partial charge in [0.2, 0.25) is 0 Å². The van der Waals surface area contributed by atoms with Crippen molar-refractivity contribution in [1.29, 1.82) is 0 Å². The molecule has 1 saturated heterocycles. The van der Waals surface area contributed by atoms with Gasteiger partial charge in [-0.1, -0.05) is 6.29 Å². The summed E-state index contributed by atoms with van der Waals surface area (Å²) in [6, 6.07) is 0. The zero-order valence-corrected chi connectivity index (χ0v) is 5.79. The molecule has 1 fully saturated rings. The van der Waals surface area contributed by atoms with Crippen molar-refractivity contribution in [2.45, 2.75) is 6.92 Å². The van der Waals surface area contributed by atoms with Crippen LogP contribution in [0.25, 0.3) is 0 Å². The van der Waals surface area contributed by atoms with Crippen LogP contribution in [0.4, 0.5) is 0 Å². The van der Waals surface area contributed by atoms with Gasteiger partial charge in [-0.05, 0) is 0 Å². The number of hydrogen-bond acceptors (Lipinski definition) is 2. The summed E-state index contributed by atoms with van der Waals surface area (Å²) < 4.78 is 9.69. The Kier molecular flexibility index (Phi) is 3.94. The quantitative estimate of drug-likeness (QED) is 0.356. The van der Waals surface area contributed by atoms with Crippen molar-refractivity contribution >= 4 is 0 Å². The molecule has 0 unspecified atom stereocenters. The molecule has 0 spiro atoms. The summed E-state index contributed by atoms with van der Waals surface area (Å²) in [5.41, 5.74) is 0. The van der Waals surface area contributed by atoms with E-state index >= 15 is 0 Å². The second kappa shape index (κ2) is 3.61. The van der Waals surface area contributed by atoms with Crippen LogP contribution in [0.2, 0.25) is 0 Å². The molecule has 0 amide bonds. The van der Waals surface area contributed by atoms with E-state index in [-0.39, 0.29) is 21.7 Å². The zero-order chi connectivity index (χ0) is 4.41. The molecule has 0 aromatic rings. The summed E-state index contributed by atoms with van der Waals surface area (Å²) in [6.45, 7) is 3.27. The summed E-state index contributed by atoms with van der Waals surface area (Å²) in [5.74, 6) is 0. The monoisotopic (exact) mass is 135 g/mol. The molecule has 1 heterocycles. The van der Waals surface area contributed by atoms with Crippen LogP contribution in [0.3, 0.4) is 0 Å². The Morgan fingerprint density at radius 3 is 1.86 bits per heavy atom. The van der Waals surface area contributed by atoms with E-state index in [2.05, 4.69) is 0 Å². The van der Waals surface area contributed by atoms with E-state index in [4.69, 9.17) is 9.47 Å². The van der Waals surface area contributed by atoms with Crippen LogP contribution in [0, 0.1) is 6.29 Å². The number of ether oxygens (including phenoxy) is 2. The fourth-order valence-corrected chi connectivity index (χ4v) is 0.412. The van der Waals surface area contributed by atoms with Crippen molar-refractivity contribution in [3.8, 4) is 0 Å². The molecular weight excluding hydrogens is 128 g/mol. The van der Waals surface area contributed by atoms with Gasteiger partial charge >= 0.3 is 0 Å². The van der Waals surface area contributed by atoms with Crippen molar-refractivity contribution in [3.63, 3.8) is 0 Å². The van der Waals surface area contributed by atoms with E-state index in [0.29, 0.717) is 6.29 Å². The predicted octanol–water partition coefficient (Wildman–Crippen LogP) is 0.540. The van der Waals surface area contributed by atoms with E-state index in [1.165, 1.54) is 0 Å². The molecule has 0 aromatic carbocycles. The maximum absolute atomic E-state index is 4.85. The van der Waals surface area contributed by atoms with Crippen molar-refractivity contribution in [2.24, 2.45) is 0 Å². The average Bonchev–Trinajstić information content (AvgIpc) is 1.86. The van der Waals surface area contributed by atoms with Crippen LogP contribution >= 0.6 is 0 Å². The molecule has 0 N–H and O–H groups in total. The van der Waals surface area contributed by atoms with Crippen LogP contribution in [0.5, 0.6) is 0 Å². The summed E-state index contributed by atoms with van der Waals surface area (Å²) in [5, 5.41) is 0. The Bertz CT molecular complexity index is 43.0. The van der Waals surface area contributed by atoms with Crippen molar-refractivity contribution in [2.75, 3.05) is 13.2 Å².